The van der Waals surface area contributed by atoms with Gasteiger partial charge in [0, 0.05) is 18.4 Å². The van der Waals surface area contributed by atoms with Crippen LogP contribution in [0.1, 0.15) is 47.6 Å². The van der Waals surface area contributed by atoms with Gasteiger partial charge in [0.25, 0.3) is 5.56 Å². The van der Waals surface area contributed by atoms with Crippen molar-refractivity contribution in [3.8, 4) is 0 Å². The second kappa shape index (κ2) is 8.18. The molecule has 7 heteroatoms. The number of nitrogens with zero attached hydrogens (tertiary/aromatic N) is 2. The summed E-state index contributed by atoms with van der Waals surface area (Å²) in [5.41, 5.74) is 4.55. The summed E-state index contributed by atoms with van der Waals surface area (Å²) < 4.78 is 0. The van der Waals surface area contributed by atoms with Crippen LogP contribution in [0, 0.1) is 13.8 Å². The third-order valence-corrected chi connectivity index (χ3v) is 5.58. The number of amides is 1. The number of benzene rings is 2. The van der Waals surface area contributed by atoms with Crippen molar-refractivity contribution in [2.24, 2.45) is 5.10 Å². The summed E-state index contributed by atoms with van der Waals surface area (Å²) in [5, 5.41) is 15.6. The number of hydrazone groups is 1. The Morgan fingerprint density at radius 3 is 2.58 bits per heavy atom. The fraction of sp³-hybridized carbons (Fsp3) is 0.250. The molecule has 1 aromatic heterocycles. The molecule has 0 radical (unpaired) electrons. The summed E-state index contributed by atoms with van der Waals surface area (Å²) in [7, 11) is 0. The third kappa shape index (κ3) is 4.12. The zero-order valence-corrected chi connectivity index (χ0v) is 17.4. The molecule has 2 aromatic carbocycles. The fourth-order valence-electron chi connectivity index (χ4n) is 3.88. The molecule has 2 N–H and O–H groups in total. The number of fused-ring (bicyclic) bond motifs is 1. The standard InChI is InChI=1S/C24H23N3O4/c1-14-6-8-16(9-7-14)19-13-20(27(26-19)21(28)10-11-22(29)30)18-12-17-5-3-4-15(2)23(17)25-24(18)31/h3-9,12,20H,10-11,13H2,1-2H3,(H,25,31)(H,29,30). The van der Waals surface area contributed by atoms with Gasteiger partial charge in [-0.05, 0) is 36.4 Å². The number of nitrogens with one attached hydrogen (secondary N) is 1. The van der Waals surface area contributed by atoms with Gasteiger partial charge in [-0.25, -0.2) is 5.01 Å². The lowest BCUT2D eigenvalue weighted by Gasteiger charge is -2.21. The minimum absolute atomic E-state index is 0.179. The summed E-state index contributed by atoms with van der Waals surface area (Å²) in [6.07, 6.45) is -0.0892. The topological polar surface area (TPSA) is 103 Å². The number of rotatable bonds is 5. The van der Waals surface area contributed by atoms with E-state index >= 15 is 0 Å². The van der Waals surface area contributed by atoms with Gasteiger partial charge in [0.1, 0.15) is 0 Å². The number of pyridine rings is 1. The molecule has 1 atom stereocenters. The van der Waals surface area contributed by atoms with Crippen molar-refractivity contribution in [2.45, 2.75) is 39.2 Å². The molecule has 0 saturated heterocycles. The molecule has 31 heavy (non-hydrogen) atoms. The molecule has 0 bridgehead atoms. The SMILES string of the molecule is Cc1ccc(C2=NN(C(=O)CCC(=O)O)C(c3cc4cccc(C)c4[nH]c3=O)C2)cc1. The second-order valence-electron chi connectivity index (χ2n) is 7.86. The van der Waals surface area contributed by atoms with Crippen molar-refractivity contribution in [1.29, 1.82) is 0 Å². The molecule has 0 fully saturated rings. The van der Waals surface area contributed by atoms with Crippen LogP contribution in [0.3, 0.4) is 0 Å². The van der Waals surface area contributed by atoms with Crippen molar-refractivity contribution < 1.29 is 14.7 Å². The molecular weight excluding hydrogens is 394 g/mol. The molecule has 0 saturated carbocycles. The zero-order valence-electron chi connectivity index (χ0n) is 17.4. The molecule has 158 valence electrons. The number of H-pyrrole nitrogens is 1. The van der Waals surface area contributed by atoms with Gasteiger partial charge in [0.05, 0.1) is 23.7 Å². The molecule has 2 heterocycles. The molecular formula is C24H23N3O4. The molecule has 1 aliphatic rings. The number of hydrogen-bond donors (Lipinski definition) is 2. The Labute approximate surface area is 179 Å². The van der Waals surface area contributed by atoms with Crippen LogP contribution in [-0.2, 0) is 9.59 Å². The van der Waals surface area contributed by atoms with Crippen molar-refractivity contribution in [3.05, 3.63) is 81.1 Å². The molecule has 1 aliphatic heterocycles. The summed E-state index contributed by atoms with van der Waals surface area (Å²) in [5.74, 6) is -1.47. The van der Waals surface area contributed by atoms with Crippen LogP contribution in [0.5, 0.6) is 0 Å². The van der Waals surface area contributed by atoms with Crippen LogP contribution in [0.15, 0.2) is 58.4 Å². The Morgan fingerprint density at radius 2 is 1.87 bits per heavy atom. The van der Waals surface area contributed by atoms with Crippen molar-refractivity contribution in [3.63, 3.8) is 0 Å². The van der Waals surface area contributed by atoms with Crippen LogP contribution < -0.4 is 5.56 Å². The highest BCUT2D eigenvalue weighted by Crippen LogP contribution is 2.33. The highest BCUT2D eigenvalue weighted by atomic mass is 16.4. The number of aromatic nitrogens is 1. The van der Waals surface area contributed by atoms with Gasteiger partial charge >= 0.3 is 5.97 Å². The number of carboxylic acids is 1. The Kier molecular flexibility index (Phi) is 5.42. The average molecular weight is 417 g/mol. The first-order valence-corrected chi connectivity index (χ1v) is 10.1. The van der Waals surface area contributed by atoms with E-state index in [-0.39, 0.29) is 18.4 Å². The Bertz CT molecular complexity index is 1260. The molecule has 0 spiro atoms. The Morgan fingerprint density at radius 1 is 1.13 bits per heavy atom. The maximum absolute atomic E-state index is 13.0. The number of aromatic amines is 1. The van der Waals surface area contributed by atoms with E-state index in [4.69, 9.17) is 5.11 Å². The van der Waals surface area contributed by atoms with E-state index in [0.29, 0.717) is 17.7 Å². The maximum atomic E-state index is 13.0. The van der Waals surface area contributed by atoms with Gasteiger partial charge in [-0.3, -0.25) is 14.4 Å². The summed E-state index contributed by atoms with van der Waals surface area (Å²) in [6.45, 7) is 3.91. The predicted octanol–water partition coefficient (Wildman–Crippen LogP) is 3.69. The van der Waals surface area contributed by atoms with E-state index in [0.717, 1.165) is 27.6 Å². The lowest BCUT2D eigenvalue weighted by atomic mass is 9.97. The molecule has 4 rings (SSSR count). The van der Waals surface area contributed by atoms with E-state index in [1.807, 2.05) is 56.3 Å². The van der Waals surface area contributed by atoms with E-state index in [2.05, 4.69) is 10.1 Å². The molecule has 1 unspecified atom stereocenters. The van der Waals surface area contributed by atoms with E-state index in [9.17, 15) is 14.4 Å². The molecule has 0 aliphatic carbocycles. The van der Waals surface area contributed by atoms with E-state index in [1.54, 1.807) is 6.07 Å². The molecule has 1 amide bonds. The summed E-state index contributed by atoms with van der Waals surface area (Å²) in [4.78, 5) is 39.7. The van der Waals surface area contributed by atoms with Crippen LogP contribution in [-0.4, -0.2) is 32.7 Å². The first-order valence-electron chi connectivity index (χ1n) is 10.1. The lowest BCUT2D eigenvalue weighted by Crippen LogP contribution is -2.31. The van der Waals surface area contributed by atoms with Crippen molar-refractivity contribution in [1.82, 2.24) is 9.99 Å². The monoisotopic (exact) mass is 417 g/mol. The quantitative estimate of drug-likeness (QED) is 0.661. The van der Waals surface area contributed by atoms with Gasteiger partial charge in [-0.15, -0.1) is 0 Å². The minimum atomic E-state index is -1.05. The fourth-order valence-corrected chi connectivity index (χ4v) is 3.88. The van der Waals surface area contributed by atoms with E-state index < -0.39 is 17.9 Å². The first-order chi connectivity index (χ1) is 14.8. The van der Waals surface area contributed by atoms with Gasteiger partial charge in [0.2, 0.25) is 5.91 Å². The van der Waals surface area contributed by atoms with Gasteiger partial charge in [0.15, 0.2) is 0 Å². The van der Waals surface area contributed by atoms with Crippen LogP contribution in [0.25, 0.3) is 10.9 Å². The van der Waals surface area contributed by atoms with Crippen molar-refractivity contribution >= 4 is 28.5 Å². The van der Waals surface area contributed by atoms with Crippen molar-refractivity contribution in [2.75, 3.05) is 0 Å². The van der Waals surface area contributed by atoms with Crippen LogP contribution >= 0.6 is 0 Å². The number of aliphatic carboxylic acids is 1. The van der Waals surface area contributed by atoms with Gasteiger partial charge < -0.3 is 10.1 Å². The van der Waals surface area contributed by atoms with Gasteiger partial charge in [-0.2, -0.15) is 5.10 Å². The molecule has 7 nitrogen and oxygen atoms in total. The number of para-hydroxylation sites is 1. The summed E-state index contributed by atoms with van der Waals surface area (Å²) in [6, 6.07) is 14.8. The number of carbonyl (C=O) groups is 2. The number of aryl methyl sites for hydroxylation is 2. The highest BCUT2D eigenvalue weighted by Gasteiger charge is 2.34. The number of carboxylic acid groups (broad SMARTS) is 1. The highest BCUT2D eigenvalue weighted by molar-refractivity contribution is 6.03. The molecule has 3 aromatic rings. The number of hydrogen-bond acceptors (Lipinski definition) is 4. The Hall–Kier alpha value is -3.74. The lowest BCUT2D eigenvalue weighted by molar-refractivity contribution is -0.141. The zero-order chi connectivity index (χ0) is 22.1. The number of carbonyl (C=O) groups excluding carboxylic acids is 1. The first kappa shape index (κ1) is 20.5. The van der Waals surface area contributed by atoms with Gasteiger partial charge in [-0.1, -0.05) is 48.0 Å². The summed E-state index contributed by atoms with van der Waals surface area (Å²) >= 11 is 0. The normalized spacial score (nSPS) is 15.9. The second-order valence-corrected chi connectivity index (χ2v) is 7.86. The average Bonchev–Trinajstić information content (AvgIpc) is 3.18. The smallest absolute Gasteiger partial charge is 0.303 e. The largest absolute Gasteiger partial charge is 0.481 e. The van der Waals surface area contributed by atoms with Crippen LogP contribution in [0.4, 0.5) is 0 Å². The Balaban J connectivity index is 1.76. The van der Waals surface area contributed by atoms with Crippen LogP contribution in [0.2, 0.25) is 0 Å². The maximum Gasteiger partial charge on any atom is 0.303 e. The van der Waals surface area contributed by atoms with E-state index in [1.165, 1.54) is 5.01 Å². The predicted molar refractivity (Wildman–Crippen MR) is 118 cm³/mol. The minimum Gasteiger partial charge on any atom is -0.481 e. The third-order valence-electron chi connectivity index (χ3n) is 5.58.